The fourth-order valence-corrected chi connectivity index (χ4v) is 3.22. The summed E-state index contributed by atoms with van der Waals surface area (Å²) in [5, 5.41) is 15.1. The third-order valence-corrected chi connectivity index (χ3v) is 4.54. The van der Waals surface area contributed by atoms with E-state index in [1.54, 1.807) is 0 Å². The van der Waals surface area contributed by atoms with Crippen molar-refractivity contribution in [2.24, 2.45) is 5.92 Å². The van der Waals surface area contributed by atoms with Crippen LogP contribution in [0.25, 0.3) is 10.9 Å². The molecule has 1 aromatic heterocycles. The highest BCUT2D eigenvalue weighted by molar-refractivity contribution is 5.81. The summed E-state index contributed by atoms with van der Waals surface area (Å²) in [5.41, 5.74) is 2.22. The molecule has 2 aromatic rings. The SMILES string of the molecule is CCn1nc(COC2CCC(CO)CC2)c2ccccc21. The number of aliphatic hydroxyl groups is 1. The Kier molecular flexibility index (Phi) is 4.56. The molecule has 0 saturated heterocycles. The highest BCUT2D eigenvalue weighted by Crippen LogP contribution is 2.27. The van der Waals surface area contributed by atoms with Gasteiger partial charge in [0.25, 0.3) is 0 Å². The zero-order valence-corrected chi connectivity index (χ0v) is 12.7. The molecular formula is C17H24N2O2. The molecule has 0 atom stereocenters. The van der Waals surface area contributed by atoms with Crippen LogP contribution >= 0.6 is 0 Å². The number of aryl methyl sites for hydroxylation is 1. The summed E-state index contributed by atoms with van der Waals surface area (Å²) < 4.78 is 8.11. The van der Waals surface area contributed by atoms with Gasteiger partial charge in [-0.05, 0) is 44.6 Å². The highest BCUT2D eigenvalue weighted by Gasteiger charge is 2.21. The van der Waals surface area contributed by atoms with Gasteiger partial charge in [0.2, 0.25) is 0 Å². The van der Waals surface area contributed by atoms with Crippen LogP contribution in [0.2, 0.25) is 0 Å². The number of aliphatic hydroxyl groups excluding tert-OH is 1. The van der Waals surface area contributed by atoms with Crippen LogP contribution in [-0.4, -0.2) is 27.6 Å². The molecule has 0 bridgehead atoms. The van der Waals surface area contributed by atoms with Gasteiger partial charge in [-0.2, -0.15) is 5.10 Å². The van der Waals surface area contributed by atoms with Crippen LogP contribution in [0.5, 0.6) is 0 Å². The number of ether oxygens (including phenoxy) is 1. The molecule has 1 fully saturated rings. The summed E-state index contributed by atoms with van der Waals surface area (Å²) >= 11 is 0. The molecule has 21 heavy (non-hydrogen) atoms. The summed E-state index contributed by atoms with van der Waals surface area (Å²) in [5.74, 6) is 0.477. The summed E-state index contributed by atoms with van der Waals surface area (Å²) in [4.78, 5) is 0. The van der Waals surface area contributed by atoms with Gasteiger partial charge in [0.05, 0.1) is 23.9 Å². The number of benzene rings is 1. The lowest BCUT2D eigenvalue weighted by Gasteiger charge is -2.27. The fraction of sp³-hybridized carbons (Fsp3) is 0.588. The molecule has 0 unspecified atom stereocenters. The van der Waals surface area contributed by atoms with E-state index in [-0.39, 0.29) is 0 Å². The second-order valence-corrected chi connectivity index (χ2v) is 5.92. The lowest BCUT2D eigenvalue weighted by Crippen LogP contribution is -2.23. The second kappa shape index (κ2) is 6.58. The fourth-order valence-electron chi connectivity index (χ4n) is 3.22. The van der Waals surface area contributed by atoms with Crippen molar-refractivity contribution in [2.45, 2.75) is 51.9 Å². The second-order valence-electron chi connectivity index (χ2n) is 5.92. The maximum absolute atomic E-state index is 9.18. The van der Waals surface area contributed by atoms with Gasteiger partial charge in [0, 0.05) is 18.5 Å². The molecule has 1 aliphatic carbocycles. The molecule has 1 aromatic carbocycles. The zero-order valence-electron chi connectivity index (χ0n) is 12.7. The normalized spacial score (nSPS) is 22.8. The number of hydrogen-bond acceptors (Lipinski definition) is 3. The van der Waals surface area contributed by atoms with Crippen molar-refractivity contribution in [1.29, 1.82) is 0 Å². The quantitative estimate of drug-likeness (QED) is 0.919. The van der Waals surface area contributed by atoms with Crippen LogP contribution < -0.4 is 0 Å². The molecule has 1 N–H and O–H groups in total. The van der Waals surface area contributed by atoms with Gasteiger partial charge in [-0.1, -0.05) is 18.2 Å². The van der Waals surface area contributed by atoms with E-state index in [0.29, 0.717) is 25.2 Å². The first-order valence-corrected chi connectivity index (χ1v) is 7.98. The summed E-state index contributed by atoms with van der Waals surface area (Å²) in [6.07, 6.45) is 4.57. The van der Waals surface area contributed by atoms with Gasteiger partial charge in [-0.15, -0.1) is 0 Å². The molecule has 114 valence electrons. The van der Waals surface area contributed by atoms with E-state index < -0.39 is 0 Å². The van der Waals surface area contributed by atoms with E-state index in [9.17, 15) is 5.11 Å². The first kappa shape index (κ1) is 14.5. The minimum atomic E-state index is 0.318. The predicted octanol–water partition coefficient (Wildman–Crippen LogP) is 3.12. The van der Waals surface area contributed by atoms with Crippen molar-refractivity contribution < 1.29 is 9.84 Å². The molecule has 1 heterocycles. The Hall–Kier alpha value is -1.39. The number of aromatic nitrogens is 2. The van der Waals surface area contributed by atoms with E-state index in [0.717, 1.165) is 37.9 Å². The van der Waals surface area contributed by atoms with Crippen molar-refractivity contribution in [3.05, 3.63) is 30.0 Å². The monoisotopic (exact) mass is 288 g/mol. The Labute approximate surface area is 125 Å². The van der Waals surface area contributed by atoms with Crippen molar-refractivity contribution in [3.8, 4) is 0 Å². The van der Waals surface area contributed by atoms with Crippen molar-refractivity contribution >= 4 is 10.9 Å². The Bertz CT molecular complexity index is 585. The third-order valence-electron chi connectivity index (χ3n) is 4.54. The van der Waals surface area contributed by atoms with E-state index in [1.807, 2.05) is 4.68 Å². The molecular weight excluding hydrogens is 264 g/mol. The Morgan fingerprint density at radius 3 is 2.71 bits per heavy atom. The van der Waals surface area contributed by atoms with Gasteiger partial charge in [-0.25, -0.2) is 0 Å². The van der Waals surface area contributed by atoms with Crippen molar-refractivity contribution in [2.75, 3.05) is 6.61 Å². The third kappa shape index (κ3) is 3.11. The first-order chi connectivity index (χ1) is 10.3. The molecule has 0 amide bonds. The van der Waals surface area contributed by atoms with Crippen LogP contribution in [0.15, 0.2) is 24.3 Å². The summed E-state index contributed by atoms with van der Waals surface area (Å²) in [6, 6.07) is 8.34. The van der Waals surface area contributed by atoms with Gasteiger partial charge in [0.1, 0.15) is 0 Å². The number of rotatable bonds is 5. The molecule has 1 saturated carbocycles. The van der Waals surface area contributed by atoms with Crippen LogP contribution in [0.4, 0.5) is 0 Å². The van der Waals surface area contributed by atoms with Gasteiger partial charge >= 0.3 is 0 Å². The van der Waals surface area contributed by atoms with Gasteiger partial charge in [0.15, 0.2) is 0 Å². The molecule has 1 aliphatic rings. The first-order valence-electron chi connectivity index (χ1n) is 7.98. The molecule has 0 radical (unpaired) electrons. The van der Waals surface area contributed by atoms with E-state index in [2.05, 4.69) is 36.3 Å². The molecule has 0 aliphatic heterocycles. The molecule has 3 rings (SSSR count). The number of hydrogen-bond donors (Lipinski definition) is 1. The standard InChI is InChI=1S/C17H24N2O2/c1-2-19-17-6-4-3-5-15(17)16(18-19)12-21-14-9-7-13(11-20)8-10-14/h3-6,13-14,20H,2,7-12H2,1H3. The van der Waals surface area contributed by atoms with Crippen LogP contribution in [0.3, 0.4) is 0 Å². The molecule has 0 spiro atoms. The van der Waals surface area contributed by atoms with E-state index >= 15 is 0 Å². The van der Waals surface area contributed by atoms with Crippen molar-refractivity contribution in [1.82, 2.24) is 9.78 Å². The van der Waals surface area contributed by atoms with E-state index in [4.69, 9.17) is 4.74 Å². The number of fused-ring (bicyclic) bond motifs is 1. The maximum Gasteiger partial charge on any atom is 0.0960 e. The number of para-hydroxylation sites is 1. The van der Waals surface area contributed by atoms with Crippen LogP contribution in [0.1, 0.15) is 38.3 Å². The van der Waals surface area contributed by atoms with Gasteiger partial charge < -0.3 is 9.84 Å². The zero-order chi connectivity index (χ0) is 14.7. The average Bonchev–Trinajstić information content (AvgIpc) is 2.91. The minimum absolute atomic E-state index is 0.318. The lowest BCUT2D eigenvalue weighted by atomic mass is 9.88. The largest absolute Gasteiger partial charge is 0.396 e. The van der Waals surface area contributed by atoms with Crippen molar-refractivity contribution in [3.63, 3.8) is 0 Å². The van der Waals surface area contributed by atoms with Crippen LogP contribution in [-0.2, 0) is 17.9 Å². The van der Waals surface area contributed by atoms with Gasteiger partial charge in [-0.3, -0.25) is 4.68 Å². The topological polar surface area (TPSA) is 47.3 Å². The smallest absolute Gasteiger partial charge is 0.0960 e. The molecule has 4 heteroatoms. The predicted molar refractivity (Wildman–Crippen MR) is 83.0 cm³/mol. The highest BCUT2D eigenvalue weighted by atomic mass is 16.5. The number of nitrogens with zero attached hydrogens (tertiary/aromatic N) is 2. The van der Waals surface area contributed by atoms with Crippen LogP contribution in [0, 0.1) is 5.92 Å². The molecule has 4 nitrogen and oxygen atoms in total. The lowest BCUT2D eigenvalue weighted by molar-refractivity contribution is 0.000105. The Morgan fingerprint density at radius 2 is 2.00 bits per heavy atom. The minimum Gasteiger partial charge on any atom is -0.396 e. The average molecular weight is 288 g/mol. The maximum atomic E-state index is 9.18. The Balaban J connectivity index is 1.66. The summed E-state index contributed by atoms with van der Waals surface area (Å²) in [7, 11) is 0. The summed E-state index contributed by atoms with van der Waals surface area (Å²) in [6.45, 7) is 3.89. The Morgan fingerprint density at radius 1 is 1.24 bits per heavy atom. The van der Waals surface area contributed by atoms with E-state index in [1.165, 1.54) is 10.9 Å².